The molecule has 1 atom stereocenters. The molecule has 2 heterocycles. The average molecular weight is 241 g/mol. The van der Waals surface area contributed by atoms with Crippen molar-refractivity contribution in [2.24, 2.45) is 7.05 Å². The quantitative estimate of drug-likeness (QED) is 0.807. The van der Waals surface area contributed by atoms with Gasteiger partial charge in [0.2, 0.25) is 0 Å². The van der Waals surface area contributed by atoms with Crippen LogP contribution in [0, 0.1) is 0 Å². The largest absolute Gasteiger partial charge is 0.303 e. The van der Waals surface area contributed by atoms with Gasteiger partial charge in [-0.2, -0.15) is 5.10 Å². The Morgan fingerprint density at radius 2 is 2.17 bits per heavy atom. The number of benzene rings is 1. The predicted molar refractivity (Wildman–Crippen MR) is 68.3 cm³/mol. The number of Topliss-reactive ketones (excluding diaryl/α,β-unsaturated/α-hetero) is 1. The molecule has 1 aliphatic heterocycles. The summed E-state index contributed by atoms with van der Waals surface area (Å²) < 4.78 is 1.66. The Balaban J connectivity index is 1.82. The van der Waals surface area contributed by atoms with E-state index in [1.54, 1.807) is 17.1 Å². The molecule has 0 spiro atoms. The second-order valence-corrected chi connectivity index (χ2v) is 4.67. The maximum atomic E-state index is 12.3. The first-order valence-corrected chi connectivity index (χ1v) is 6.07. The van der Waals surface area contributed by atoms with Gasteiger partial charge in [-0.25, -0.2) is 0 Å². The zero-order valence-electron chi connectivity index (χ0n) is 10.3. The molecule has 1 unspecified atom stereocenters. The summed E-state index contributed by atoms with van der Waals surface area (Å²) in [4.78, 5) is 12.3. The molecule has 4 nitrogen and oxygen atoms in total. The van der Waals surface area contributed by atoms with Crippen LogP contribution in [0.15, 0.2) is 36.7 Å². The normalized spacial score (nSPS) is 18.4. The van der Waals surface area contributed by atoms with E-state index in [0.29, 0.717) is 5.56 Å². The van der Waals surface area contributed by atoms with Gasteiger partial charge in [-0.15, -0.1) is 0 Å². The van der Waals surface area contributed by atoms with Gasteiger partial charge in [-0.05, 0) is 17.5 Å². The Morgan fingerprint density at radius 3 is 2.89 bits per heavy atom. The van der Waals surface area contributed by atoms with E-state index in [1.807, 2.05) is 19.2 Å². The summed E-state index contributed by atoms with van der Waals surface area (Å²) in [7, 11) is 1.82. The molecule has 0 saturated heterocycles. The minimum atomic E-state index is -0.135. The van der Waals surface area contributed by atoms with Crippen molar-refractivity contribution in [1.29, 1.82) is 0 Å². The monoisotopic (exact) mass is 241 g/mol. The number of ketones is 1. The van der Waals surface area contributed by atoms with E-state index < -0.39 is 0 Å². The van der Waals surface area contributed by atoms with Crippen molar-refractivity contribution in [3.05, 3.63) is 53.3 Å². The molecule has 1 aliphatic rings. The molecule has 0 radical (unpaired) electrons. The standard InChI is InChI=1S/C14H15N3O/c1-17-9-12(8-16-17)14(18)13-6-10-4-2-3-5-11(10)7-15-13/h2-5,8-9,13,15H,6-7H2,1H3. The van der Waals surface area contributed by atoms with Gasteiger partial charge in [0, 0.05) is 19.8 Å². The number of hydrogen-bond acceptors (Lipinski definition) is 3. The first kappa shape index (κ1) is 11.2. The second-order valence-electron chi connectivity index (χ2n) is 4.67. The molecule has 1 aromatic heterocycles. The zero-order valence-corrected chi connectivity index (χ0v) is 10.3. The lowest BCUT2D eigenvalue weighted by atomic mass is 9.92. The van der Waals surface area contributed by atoms with E-state index in [2.05, 4.69) is 22.5 Å². The van der Waals surface area contributed by atoms with Gasteiger partial charge in [-0.3, -0.25) is 9.48 Å². The van der Waals surface area contributed by atoms with Crippen molar-refractivity contribution in [3.8, 4) is 0 Å². The van der Waals surface area contributed by atoms with Crippen LogP contribution in [-0.4, -0.2) is 21.6 Å². The number of carbonyl (C=O) groups is 1. The smallest absolute Gasteiger partial charge is 0.183 e. The van der Waals surface area contributed by atoms with Crippen molar-refractivity contribution in [2.45, 2.75) is 19.0 Å². The van der Waals surface area contributed by atoms with E-state index in [9.17, 15) is 4.79 Å². The lowest BCUT2D eigenvalue weighted by Crippen LogP contribution is -2.41. The predicted octanol–water partition coefficient (Wildman–Crippen LogP) is 1.32. The fraction of sp³-hybridized carbons (Fsp3) is 0.286. The minimum absolute atomic E-state index is 0.123. The van der Waals surface area contributed by atoms with Crippen molar-refractivity contribution in [2.75, 3.05) is 0 Å². The first-order chi connectivity index (χ1) is 8.74. The number of nitrogens with one attached hydrogen (secondary N) is 1. The van der Waals surface area contributed by atoms with Crippen LogP contribution in [0.1, 0.15) is 21.5 Å². The number of aromatic nitrogens is 2. The number of carbonyl (C=O) groups excluding carboxylic acids is 1. The van der Waals surface area contributed by atoms with Crippen LogP contribution in [-0.2, 0) is 20.0 Å². The van der Waals surface area contributed by atoms with Crippen LogP contribution in [0.2, 0.25) is 0 Å². The number of hydrogen-bond donors (Lipinski definition) is 1. The third-order valence-corrected chi connectivity index (χ3v) is 3.39. The Morgan fingerprint density at radius 1 is 1.39 bits per heavy atom. The summed E-state index contributed by atoms with van der Waals surface area (Å²) in [5, 5.41) is 7.34. The lowest BCUT2D eigenvalue weighted by Gasteiger charge is -2.24. The topological polar surface area (TPSA) is 46.9 Å². The number of fused-ring (bicyclic) bond motifs is 1. The molecule has 0 amide bonds. The van der Waals surface area contributed by atoms with Crippen LogP contribution in [0.3, 0.4) is 0 Å². The van der Waals surface area contributed by atoms with Gasteiger partial charge in [-0.1, -0.05) is 24.3 Å². The molecule has 1 N–H and O–H groups in total. The van der Waals surface area contributed by atoms with E-state index in [4.69, 9.17) is 0 Å². The maximum absolute atomic E-state index is 12.3. The molecule has 4 heteroatoms. The molecule has 0 bridgehead atoms. The summed E-state index contributed by atoms with van der Waals surface area (Å²) in [6.45, 7) is 0.757. The van der Waals surface area contributed by atoms with Gasteiger partial charge in [0.15, 0.2) is 5.78 Å². The Labute approximate surface area is 106 Å². The van der Waals surface area contributed by atoms with E-state index in [0.717, 1.165) is 13.0 Å². The van der Waals surface area contributed by atoms with Crippen molar-refractivity contribution in [3.63, 3.8) is 0 Å². The maximum Gasteiger partial charge on any atom is 0.183 e. The van der Waals surface area contributed by atoms with Crippen molar-refractivity contribution < 1.29 is 4.79 Å². The Bertz CT molecular complexity index is 588. The summed E-state index contributed by atoms with van der Waals surface area (Å²) in [5.41, 5.74) is 3.22. The number of nitrogens with zero attached hydrogens (tertiary/aromatic N) is 2. The van der Waals surface area contributed by atoms with Gasteiger partial charge in [0.1, 0.15) is 0 Å². The highest BCUT2D eigenvalue weighted by Crippen LogP contribution is 2.18. The summed E-state index contributed by atoms with van der Waals surface area (Å²) in [6.07, 6.45) is 4.15. The molecule has 1 aromatic carbocycles. The summed E-state index contributed by atoms with van der Waals surface area (Å²) >= 11 is 0. The highest BCUT2D eigenvalue weighted by atomic mass is 16.1. The lowest BCUT2D eigenvalue weighted by molar-refractivity contribution is 0.0938. The zero-order chi connectivity index (χ0) is 12.5. The molecule has 92 valence electrons. The summed E-state index contributed by atoms with van der Waals surface area (Å²) in [6, 6.07) is 8.12. The van der Waals surface area contributed by atoms with Crippen LogP contribution >= 0.6 is 0 Å². The van der Waals surface area contributed by atoms with Crippen LogP contribution in [0.25, 0.3) is 0 Å². The molecule has 3 rings (SSSR count). The Kier molecular flexibility index (Phi) is 2.72. The van der Waals surface area contributed by atoms with Crippen LogP contribution < -0.4 is 5.32 Å². The Hall–Kier alpha value is -1.94. The molecule has 0 aliphatic carbocycles. The van der Waals surface area contributed by atoms with Gasteiger partial charge in [0.05, 0.1) is 17.8 Å². The van der Waals surface area contributed by atoms with Gasteiger partial charge >= 0.3 is 0 Å². The highest BCUT2D eigenvalue weighted by Gasteiger charge is 2.25. The van der Waals surface area contributed by atoms with Gasteiger partial charge in [0.25, 0.3) is 0 Å². The first-order valence-electron chi connectivity index (χ1n) is 6.07. The third-order valence-electron chi connectivity index (χ3n) is 3.39. The average Bonchev–Trinajstić information content (AvgIpc) is 2.84. The minimum Gasteiger partial charge on any atom is -0.303 e. The second kappa shape index (κ2) is 4.38. The van der Waals surface area contributed by atoms with Gasteiger partial charge < -0.3 is 5.32 Å². The third kappa shape index (κ3) is 1.95. The molecule has 18 heavy (non-hydrogen) atoms. The van der Waals surface area contributed by atoms with Crippen molar-refractivity contribution >= 4 is 5.78 Å². The van der Waals surface area contributed by atoms with E-state index in [1.165, 1.54) is 11.1 Å². The molecule has 0 saturated carbocycles. The molecular formula is C14H15N3O. The summed E-state index contributed by atoms with van der Waals surface area (Å²) in [5.74, 6) is 0.123. The highest BCUT2D eigenvalue weighted by molar-refractivity contribution is 6.00. The fourth-order valence-corrected chi connectivity index (χ4v) is 2.39. The SMILES string of the molecule is Cn1cc(C(=O)C2Cc3ccccc3CN2)cn1. The number of aryl methyl sites for hydroxylation is 1. The van der Waals surface area contributed by atoms with Crippen LogP contribution in [0.5, 0.6) is 0 Å². The molecule has 0 fully saturated rings. The molecule has 2 aromatic rings. The number of rotatable bonds is 2. The fourth-order valence-electron chi connectivity index (χ4n) is 2.39. The van der Waals surface area contributed by atoms with E-state index >= 15 is 0 Å². The molecular weight excluding hydrogens is 226 g/mol. The van der Waals surface area contributed by atoms with Crippen LogP contribution in [0.4, 0.5) is 0 Å². The van der Waals surface area contributed by atoms with E-state index in [-0.39, 0.29) is 11.8 Å². The van der Waals surface area contributed by atoms with Crippen molar-refractivity contribution in [1.82, 2.24) is 15.1 Å².